The van der Waals surface area contributed by atoms with Crippen molar-refractivity contribution in [3.05, 3.63) is 84.2 Å². The fourth-order valence-corrected chi connectivity index (χ4v) is 5.22. The van der Waals surface area contributed by atoms with E-state index < -0.39 is 12.1 Å². The number of hydrogen-bond donors (Lipinski definition) is 1. The Balaban J connectivity index is 1.49. The van der Waals surface area contributed by atoms with Crippen LogP contribution < -0.4 is 19.5 Å². The quantitative estimate of drug-likeness (QED) is 0.427. The molecule has 2 unspecified atom stereocenters. The van der Waals surface area contributed by atoms with Gasteiger partial charge in [-0.15, -0.1) is 0 Å². The molecule has 0 radical (unpaired) electrons. The summed E-state index contributed by atoms with van der Waals surface area (Å²) in [5.41, 5.74) is 1.51. The van der Waals surface area contributed by atoms with E-state index in [1.807, 2.05) is 61.5 Å². The number of carbonyl (C=O) groups is 2. The van der Waals surface area contributed by atoms with E-state index in [1.165, 1.54) is 6.42 Å². The van der Waals surface area contributed by atoms with Crippen molar-refractivity contribution >= 4 is 11.8 Å². The zero-order valence-electron chi connectivity index (χ0n) is 22.3. The number of amides is 2. The standard InChI is InChI=1S/C31H35N3O5/c1-2-37-25-16-14-23(15-17-25)29(30(35)33-24-10-4-3-5-11-24)34(20-22-9-8-18-32-19-22)31(36)28-21-38-26-12-6-7-13-27(26)39-28/h6-9,12-19,24,28-29H,2-5,10-11,20-21H2,1H3,(H,33,35). The molecule has 1 N–H and O–H groups in total. The van der Waals surface area contributed by atoms with Crippen molar-refractivity contribution in [1.29, 1.82) is 0 Å². The third kappa shape index (κ3) is 6.50. The van der Waals surface area contributed by atoms with Gasteiger partial charge in [0.2, 0.25) is 12.0 Å². The van der Waals surface area contributed by atoms with Crippen molar-refractivity contribution < 1.29 is 23.8 Å². The minimum absolute atomic E-state index is 0.0552. The van der Waals surface area contributed by atoms with E-state index in [0.717, 1.165) is 31.2 Å². The van der Waals surface area contributed by atoms with E-state index in [1.54, 1.807) is 23.4 Å². The molecule has 2 aliphatic rings. The van der Waals surface area contributed by atoms with E-state index >= 15 is 0 Å². The van der Waals surface area contributed by atoms with Crippen LogP contribution in [0.5, 0.6) is 17.2 Å². The first kappa shape index (κ1) is 26.5. The lowest BCUT2D eigenvalue weighted by Gasteiger charge is -2.36. The number of fused-ring (bicyclic) bond motifs is 1. The summed E-state index contributed by atoms with van der Waals surface area (Å²) in [6, 6.07) is 17.6. The largest absolute Gasteiger partial charge is 0.494 e. The van der Waals surface area contributed by atoms with Crippen LogP contribution in [0.2, 0.25) is 0 Å². The van der Waals surface area contributed by atoms with Gasteiger partial charge in [-0.1, -0.05) is 49.6 Å². The normalized spacial score (nSPS) is 17.6. The summed E-state index contributed by atoms with van der Waals surface area (Å²) in [4.78, 5) is 34.0. The lowest BCUT2D eigenvalue weighted by molar-refractivity contribution is -0.149. The third-order valence-corrected chi connectivity index (χ3v) is 7.16. The van der Waals surface area contributed by atoms with Crippen LogP contribution >= 0.6 is 0 Å². The van der Waals surface area contributed by atoms with Crippen LogP contribution in [-0.4, -0.2) is 47.1 Å². The van der Waals surface area contributed by atoms with Crippen LogP contribution in [0.4, 0.5) is 0 Å². The Morgan fingerprint density at radius 1 is 1.03 bits per heavy atom. The molecule has 3 aromatic rings. The average molecular weight is 530 g/mol. The van der Waals surface area contributed by atoms with E-state index in [2.05, 4.69) is 10.3 Å². The molecule has 2 heterocycles. The van der Waals surface area contributed by atoms with Crippen LogP contribution in [0.3, 0.4) is 0 Å². The summed E-state index contributed by atoms with van der Waals surface area (Å²) < 4.78 is 17.6. The minimum Gasteiger partial charge on any atom is -0.494 e. The second-order valence-corrected chi connectivity index (χ2v) is 9.94. The third-order valence-electron chi connectivity index (χ3n) is 7.16. The van der Waals surface area contributed by atoms with Crippen LogP contribution in [-0.2, 0) is 16.1 Å². The predicted octanol–water partition coefficient (Wildman–Crippen LogP) is 4.84. The summed E-state index contributed by atoms with van der Waals surface area (Å²) in [5, 5.41) is 3.25. The molecular weight excluding hydrogens is 494 g/mol. The molecule has 1 aliphatic heterocycles. The van der Waals surface area contributed by atoms with Gasteiger partial charge in [-0.05, 0) is 61.2 Å². The Morgan fingerprint density at radius 2 is 1.79 bits per heavy atom. The van der Waals surface area contributed by atoms with Gasteiger partial charge in [0.1, 0.15) is 18.4 Å². The number of nitrogens with zero attached hydrogens (tertiary/aromatic N) is 2. The van der Waals surface area contributed by atoms with Crippen molar-refractivity contribution in [2.75, 3.05) is 13.2 Å². The fraction of sp³-hybridized carbons (Fsp3) is 0.387. The summed E-state index contributed by atoms with van der Waals surface area (Å²) in [6.45, 7) is 2.70. The maximum Gasteiger partial charge on any atom is 0.268 e. The summed E-state index contributed by atoms with van der Waals surface area (Å²) >= 11 is 0. The lowest BCUT2D eigenvalue weighted by Crippen LogP contribution is -2.52. The Kier molecular flexibility index (Phi) is 8.61. The number of pyridine rings is 1. The molecule has 1 fully saturated rings. The van der Waals surface area contributed by atoms with Crippen LogP contribution in [0, 0.1) is 0 Å². The molecule has 1 aliphatic carbocycles. The van der Waals surface area contributed by atoms with Gasteiger partial charge in [-0.25, -0.2) is 0 Å². The monoisotopic (exact) mass is 529 g/mol. The first-order chi connectivity index (χ1) is 19.1. The average Bonchev–Trinajstić information content (AvgIpc) is 2.98. The Labute approximate surface area is 229 Å². The molecule has 0 bridgehead atoms. The van der Waals surface area contributed by atoms with Gasteiger partial charge in [0, 0.05) is 25.0 Å². The zero-order valence-corrected chi connectivity index (χ0v) is 22.3. The number of nitrogens with one attached hydrogen (secondary N) is 1. The van der Waals surface area contributed by atoms with Gasteiger partial charge in [0.25, 0.3) is 5.91 Å². The SMILES string of the molecule is CCOc1ccc(C(C(=O)NC2CCCCC2)N(Cc2cccnc2)C(=O)C2COc3ccccc3O2)cc1. The maximum absolute atomic E-state index is 14.2. The van der Waals surface area contributed by atoms with Crippen molar-refractivity contribution in [2.24, 2.45) is 0 Å². The first-order valence-corrected chi connectivity index (χ1v) is 13.7. The van der Waals surface area contributed by atoms with Gasteiger partial charge in [-0.3, -0.25) is 14.6 Å². The number of ether oxygens (including phenoxy) is 3. The van der Waals surface area contributed by atoms with Gasteiger partial charge >= 0.3 is 0 Å². The molecule has 2 atom stereocenters. The topological polar surface area (TPSA) is 90.0 Å². The molecule has 1 aromatic heterocycles. The molecule has 8 nitrogen and oxygen atoms in total. The second-order valence-electron chi connectivity index (χ2n) is 9.94. The number of para-hydroxylation sites is 2. The second kappa shape index (κ2) is 12.7. The molecule has 204 valence electrons. The van der Waals surface area contributed by atoms with Gasteiger partial charge in [0.15, 0.2) is 11.5 Å². The summed E-state index contributed by atoms with van der Waals surface area (Å²) in [7, 11) is 0. The number of benzene rings is 2. The number of aromatic nitrogens is 1. The van der Waals surface area contributed by atoms with Crippen molar-refractivity contribution in [1.82, 2.24) is 15.2 Å². The molecule has 2 amide bonds. The lowest BCUT2D eigenvalue weighted by atomic mass is 9.94. The number of hydrogen-bond acceptors (Lipinski definition) is 6. The fourth-order valence-electron chi connectivity index (χ4n) is 5.22. The molecule has 5 rings (SSSR count). The van der Waals surface area contributed by atoms with E-state index in [4.69, 9.17) is 14.2 Å². The molecule has 39 heavy (non-hydrogen) atoms. The highest BCUT2D eigenvalue weighted by Gasteiger charge is 2.39. The molecule has 8 heteroatoms. The predicted molar refractivity (Wildman–Crippen MR) is 147 cm³/mol. The smallest absolute Gasteiger partial charge is 0.268 e. The summed E-state index contributed by atoms with van der Waals surface area (Å²) in [5.74, 6) is 1.27. The van der Waals surface area contributed by atoms with Crippen LogP contribution in [0.15, 0.2) is 73.1 Å². The van der Waals surface area contributed by atoms with Crippen molar-refractivity contribution in [3.63, 3.8) is 0 Å². The highest BCUT2D eigenvalue weighted by molar-refractivity contribution is 5.91. The Bertz CT molecular complexity index is 1240. The minimum atomic E-state index is -0.899. The van der Waals surface area contributed by atoms with E-state index in [9.17, 15) is 9.59 Å². The van der Waals surface area contributed by atoms with Gasteiger partial charge < -0.3 is 24.4 Å². The van der Waals surface area contributed by atoms with Gasteiger partial charge in [-0.2, -0.15) is 0 Å². The van der Waals surface area contributed by atoms with E-state index in [0.29, 0.717) is 29.4 Å². The maximum atomic E-state index is 14.2. The molecule has 1 saturated carbocycles. The van der Waals surface area contributed by atoms with Crippen molar-refractivity contribution in [3.8, 4) is 17.2 Å². The Morgan fingerprint density at radius 3 is 2.51 bits per heavy atom. The van der Waals surface area contributed by atoms with E-state index in [-0.39, 0.29) is 31.0 Å². The van der Waals surface area contributed by atoms with Crippen LogP contribution in [0.1, 0.15) is 56.2 Å². The highest BCUT2D eigenvalue weighted by atomic mass is 16.6. The highest BCUT2D eigenvalue weighted by Crippen LogP contribution is 2.33. The Hall–Kier alpha value is -4.07. The molecule has 0 spiro atoms. The molecule has 0 saturated heterocycles. The number of rotatable bonds is 9. The van der Waals surface area contributed by atoms with Crippen LogP contribution in [0.25, 0.3) is 0 Å². The molecule has 2 aromatic carbocycles. The summed E-state index contributed by atoms with van der Waals surface area (Å²) in [6.07, 6.45) is 7.73. The first-order valence-electron chi connectivity index (χ1n) is 13.7. The van der Waals surface area contributed by atoms with Crippen molar-refractivity contribution in [2.45, 2.75) is 63.8 Å². The zero-order chi connectivity index (χ0) is 27.0. The van der Waals surface area contributed by atoms with Gasteiger partial charge in [0.05, 0.1) is 6.61 Å². The number of carbonyl (C=O) groups excluding carboxylic acids is 2. The molecular formula is C31H35N3O5.